The SMILES string of the molecule is CCOC(=O)c1ccc(S(=O)(=O)N2c3ccccc3CC2C)o1. The van der Waals surface area contributed by atoms with Gasteiger partial charge in [0.1, 0.15) is 0 Å². The van der Waals surface area contributed by atoms with Crippen molar-refractivity contribution in [2.45, 2.75) is 31.4 Å². The number of sulfonamides is 1. The van der Waals surface area contributed by atoms with E-state index in [4.69, 9.17) is 9.15 Å². The van der Waals surface area contributed by atoms with Gasteiger partial charge in [-0.05, 0) is 44.0 Å². The Morgan fingerprint density at radius 2 is 2.04 bits per heavy atom. The molecule has 1 unspecified atom stereocenters. The summed E-state index contributed by atoms with van der Waals surface area (Å²) in [7, 11) is -3.87. The number of furan rings is 1. The zero-order chi connectivity index (χ0) is 16.6. The van der Waals surface area contributed by atoms with Crippen LogP contribution < -0.4 is 4.31 Å². The minimum Gasteiger partial charge on any atom is -0.460 e. The number of hydrogen-bond donors (Lipinski definition) is 0. The zero-order valence-electron chi connectivity index (χ0n) is 12.9. The van der Waals surface area contributed by atoms with Gasteiger partial charge < -0.3 is 9.15 Å². The molecular formula is C16H17NO5S. The summed E-state index contributed by atoms with van der Waals surface area (Å²) >= 11 is 0. The Kier molecular flexibility index (Phi) is 3.89. The van der Waals surface area contributed by atoms with Crippen LogP contribution in [0.5, 0.6) is 0 Å². The van der Waals surface area contributed by atoms with Crippen molar-refractivity contribution in [2.75, 3.05) is 10.9 Å². The van der Waals surface area contributed by atoms with Gasteiger partial charge in [-0.3, -0.25) is 4.31 Å². The number of rotatable bonds is 4. The van der Waals surface area contributed by atoms with Gasteiger partial charge in [-0.2, -0.15) is 8.42 Å². The summed E-state index contributed by atoms with van der Waals surface area (Å²) in [5, 5.41) is -0.260. The highest BCUT2D eigenvalue weighted by Gasteiger charge is 2.38. The molecule has 1 aromatic carbocycles. The minimum atomic E-state index is -3.87. The third-order valence-electron chi connectivity index (χ3n) is 3.72. The van der Waals surface area contributed by atoms with E-state index >= 15 is 0 Å². The van der Waals surface area contributed by atoms with Crippen LogP contribution in [0.15, 0.2) is 45.9 Å². The lowest BCUT2D eigenvalue weighted by atomic mass is 10.1. The molecule has 23 heavy (non-hydrogen) atoms. The Morgan fingerprint density at radius 1 is 1.30 bits per heavy atom. The first kappa shape index (κ1) is 15.6. The van der Waals surface area contributed by atoms with Crippen molar-refractivity contribution in [1.29, 1.82) is 0 Å². The zero-order valence-corrected chi connectivity index (χ0v) is 13.7. The second-order valence-corrected chi connectivity index (χ2v) is 7.07. The molecule has 1 aliphatic rings. The molecule has 1 aliphatic heterocycles. The fourth-order valence-corrected chi connectivity index (χ4v) is 4.39. The minimum absolute atomic E-state index is 0.120. The third-order valence-corrected chi connectivity index (χ3v) is 5.52. The lowest BCUT2D eigenvalue weighted by Crippen LogP contribution is -2.35. The molecule has 0 fully saturated rings. The van der Waals surface area contributed by atoms with E-state index in [0.29, 0.717) is 12.1 Å². The second kappa shape index (κ2) is 5.73. The average molecular weight is 335 g/mol. The van der Waals surface area contributed by atoms with Crippen LogP contribution in [-0.2, 0) is 21.2 Å². The molecule has 6 nitrogen and oxygen atoms in total. The molecule has 122 valence electrons. The number of para-hydroxylation sites is 1. The van der Waals surface area contributed by atoms with E-state index in [1.54, 1.807) is 19.1 Å². The molecule has 0 saturated heterocycles. The van der Waals surface area contributed by atoms with Crippen LogP contribution in [0.2, 0.25) is 0 Å². The van der Waals surface area contributed by atoms with Crippen LogP contribution in [0.4, 0.5) is 5.69 Å². The molecule has 3 rings (SSSR count). The normalized spacial score (nSPS) is 17.1. The molecule has 0 saturated carbocycles. The maximum absolute atomic E-state index is 12.9. The van der Waals surface area contributed by atoms with Crippen molar-refractivity contribution in [3.63, 3.8) is 0 Å². The average Bonchev–Trinajstić information content (AvgIpc) is 3.11. The number of fused-ring (bicyclic) bond motifs is 1. The Hall–Kier alpha value is -2.28. The lowest BCUT2D eigenvalue weighted by Gasteiger charge is -2.22. The van der Waals surface area contributed by atoms with Crippen molar-refractivity contribution in [3.8, 4) is 0 Å². The second-order valence-electron chi connectivity index (χ2n) is 5.32. The fourth-order valence-electron chi connectivity index (χ4n) is 2.77. The summed E-state index contributed by atoms with van der Waals surface area (Å²) in [4.78, 5) is 11.6. The maximum Gasteiger partial charge on any atom is 0.374 e. The Morgan fingerprint density at radius 3 is 2.78 bits per heavy atom. The number of carbonyl (C=O) groups is 1. The number of nitrogens with zero attached hydrogens (tertiary/aromatic N) is 1. The van der Waals surface area contributed by atoms with Crippen molar-refractivity contribution < 1.29 is 22.4 Å². The van der Waals surface area contributed by atoms with Crippen molar-refractivity contribution in [3.05, 3.63) is 47.7 Å². The van der Waals surface area contributed by atoms with Gasteiger partial charge in [0.2, 0.25) is 10.9 Å². The van der Waals surface area contributed by atoms with Crippen molar-refractivity contribution in [2.24, 2.45) is 0 Å². The van der Waals surface area contributed by atoms with E-state index < -0.39 is 16.0 Å². The first-order chi connectivity index (χ1) is 10.9. The molecule has 0 spiro atoms. The lowest BCUT2D eigenvalue weighted by molar-refractivity contribution is 0.0484. The van der Waals surface area contributed by atoms with Crippen LogP contribution >= 0.6 is 0 Å². The topological polar surface area (TPSA) is 76.8 Å². The molecule has 2 aromatic rings. The van der Waals surface area contributed by atoms with Gasteiger partial charge in [0.25, 0.3) is 10.0 Å². The highest BCUT2D eigenvalue weighted by atomic mass is 32.2. The molecule has 0 amide bonds. The van der Waals surface area contributed by atoms with Crippen molar-refractivity contribution >= 4 is 21.7 Å². The van der Waals surface area contributed by atoms with Gasteiger partial charge in [0, 0.05) is 6.04 Å². The molecular weight excluding hydrogens is 318 g/mol. The smallest absolute Gasteiger partial charge is 0.374 e. The van der Waals surface area contributed by atoms with Crippen LogP contribution in [0.25, 0.3) is 0 Å². The molecule has 0 radical (unpaired) electrons. The quantitative estimate of drug-likeness (QED) is 0.803. The van der Waals surface area contributed by atoms with E-state index in [-0.39, 0.29) is 23.5 Å². The highest BCUT2D eigenvalue weighted by Crippen LogP contribution is 2.36. The first-order valence-electron chi connectivity index (χ1n) is 7.34. The van der Waals surface area contributed by atoms with E-state index in [1.807, 2.05) is 19.1 Å². The van der Waals surface area contributed by atoms with Crippen LogP contribution in [0.3, 0.4) is 0 Å². The van der Waals surface area contributed by atoms with E-state index in [2.05, 4.69) is 0 Å². The van der Waals surface area contributed by atoms with E-state index in [1.165, 1.54) is 16.4 Å². The number of ether oxygens (including phenoxy) is 1. The summed E-state index contributed by atoms with van der Waals surface area (Å²) in [5.74, 6) is -0.797. The summed E-state index contributed by atoms with van der Waals surface area (Å²) < 4.78 is 37.2. The number of anilines is 1. The van der Waals surface area contributed by atoms with Crippen molar-refractivity contribution in [1.82, 2.24) is 0 Å². The fraction of sp³-hybridized carbons (Fsp3) is 0.312. The predicted molar refractivity (Wildman–Crippen MR) is 83.9 cm³/mol. The van der Waals surface area contributed by atoms with Gasteiger partial charge in [0.15, 0.2) is 0 Å². The number of carbonyl (C=O) groups excluding carboxylic acids is 1. The maximum atomic E-state index is 12.9. The van der Waals surface area contributed by atoms with Gasteiger partial charge in [-0.25, -0.2) is 4.79 Å². The highest BCUT2D eigenvalue weighted by molar-refractivity contribution is 7.92. The van der Waals surface area contributed by atoms with Crippen LogP contribution in [0.1, 0.15) is 30.0 Å². The monoisotopic (exact) mass is 335 g/mol. The van der Waals surface area contributed by atoms with Gasteiger partial charge >= 0.3 is 5.97 Å². The molecule has 1 atom stereocenters. The summed E-state index contributed by atoms with van der Waals surface area (Å²) in [6.45, 7) is 3.70. The number of benzene rings is 1. The van der Waals surface area contributed by atoms with Gasteiger partial charge in [0.05, 0.1) is 12.3 Å². The molecule has 1 aromatic heterocycles. The third kappa shape index (κ3) is 2.61. The predicted octanol–water partition coefficient (Wildman–Crippen LogP) is 2.60. The Labute approximate surface area is 134 Å². The van der Waals surface area contributed by atoms with Gasteiger partial charge in [-0.1, -0.05) is 18.2 Å². The first-order valence-corrected chi connectivity index (χ1v) is 8.78. The number of esters is 1. The van der Waals surface area contributed by atoms with E-state index in [0.717, 1.165) is 5.56 Å². The molecule has 0 aliphatic carbocycles. The van der Waals surface area contributed by atoms with Crippen LogP contribution in [-0.4, -0.2) is 27.0 Å². The molecule has 0 bridgehead atoms. The Balaban J connectivity index is 1.98. The largest absolute Gasteiger partial charge is 0.460 e. The summed E-state index contributed by atoms with van der Waals surface area (Å²) in [6.07, 6.45) is 0.640. The Bertz CT molecular complexity index is 840. The van der Waals surface area contributed by atoms with Gasteiger partial charge in [-0.15, -0.1) is 0 Å². The molecule has 2 heterocycles. The standard InChI is InChI=1S/C16H17NO5S/c1-3-21-16(18)14-8-9-15(22-14)23(19,20)17-11(2)10-12-6-4-5-7-13(12)17/h4-9,11H,3,10H2,1-2H3. The summed E-state index contributed by atoms with van der Waals surface area (Å²) in [6, 6.07) is 9.75. The molecule has 0 N–H and O–H groups in total. The molecule has 7 heteroatoms. The van der Waals surface area contributed by atoms with E-state index in [9.17, 15) is 13.2 Å². The number of hydrogen-bond acceptors (Lipinski definition) is 5. The van der Waals surface area contributed by atoms with Crippen LogP contribution in [0, 0.1) is 0 Å². The summed E-state index contributed by atoms with van der Waals surface area (Å²) in [5.41, 5.74) is 1.62.